The lowest BCUT2D eigenvalue weighted by Crippen LogP contribution is -2.47. The summed E-state index contributed by atoms with van der Waals surface area (Å²) in [4.78, 5) is 28.7. The Hall–Kier alpha value is -3.42. The number of carbonyl (C=O) groups excluding carboxylic acids is 2. The number of amides is 1. The molecule has 1 aliphatic rings. The maximum Gasteiger partial charge on any atom is 0.256 e. The number of hydrogen-bond donors (Lipinski definition) is 0. The molecule has 0 bridgehead atoms. The van der Waals surface area contributed by atoms with Crippen molar-refractivity contribution in [3.05, 3.63) is 89.2 Å². The lowest BCUT2D eigenvalue weighted by Gasteiger charge is -2.37. The van der Waals surface area contributed by atoms with Crippen LogP contribution in [-0.4, -0.2) is 82.0 Å². The molecule has 40 heavy (non-hydrogen) atoms. The highest BCUT2D eigenvalue weighted by molar-refractivity contribution is 6.01. The molecule has 1 saturated heterocycles. The van der Waals surface area contributed by atoms with Crippen LogP contribution >= 0.6 is 0 Å². The standard InChI is InChI=1S/C32H45N3O3.CH2O/c1-7-34-18-20-35(21-19-34)30-16-11-13-25(2)31(30)32(36)33(5)29(26(3)23-27(4)37-6)17-12-22-38-24-28-14-9-8-10-15-28;1-2/h8-11,13-16,23,29H,3,7,12,17-22,24H2,1-2,4-6H3;1H2/b27-23+;/t29-;/m1./s1. The van der Waals surface area contributed by atoms with E-state index < -0.39 is 0 Å². The third-order valence-corrected chi connectivity index (χ3v) is 7.43. The predicted octanol–water partition coefficient (Wildman–Crippen LogP) is 5.50. The molecule has 0 unspecified atom stereocenters. The summed E-state index contributed by atoms with van der Waals surface area (Å²) in [5, 5.41) is 0. The molecule has 1 heterocycles. The van der Waals surface area contributed by atoms with Gasteiger partial charge in [-0.25, -0.2) is 0 Å². The van der Waals surface area contributed by atoms with E-state index in [2.05, 4.69) is 47.6 Å². The van der Waals surface area contributed by atoms with Gasteiger partial charge in [-0.15, -0.1) is 0 Å². The van der Waals surface area contributed by atoms with Gasteiger partial charge < -0.3 is 29.0 Å². The van der Waals surface area contributed by atoms with Crippen LogP contribution in [0, 0.1) is 6.92 Å². The summed E-state index contributed by atoms with van der Waals surface area (Å²) in [6.45, 7) is 18.6. The molecule has 0 N–H and O–H groups in total. The van der Waals surface area contributed by atoms with Crippen LogP contribution in [0.3, 0.4) is 0 Å². The number of nitrogens with zero attached hydrogens (tertiary/aromatic N) is 3. The van der Waals surface area contributed by atoms with Crippen molar-refractivity contribution in [2.24, 2.45) is 0 Å². The molecule has 2 aromatic carbocycles. The number of allylic oxidation sites excluding steroid dienone is 1. The molecule has 0 aliphatic carbocycles. The van der Waals surface area contributed by atoms with Crippen LogP contribution in [0.15, 0.2) is 72.5 Å². The van der Waals surface area contributed by atoms with Gasteiger partial charge in [0.15, 0.2) is 0 Å². The molecular formula is C33H47N3O4. The molecule has 1 fully saturated rings. The summed E-state index contributed by atoms with van der Waals surface area (Å²) in [7, 11) is 3.54. The van der Waals surface area contributed by atoms with Gasteiger partial charge in [0.05, 0.1) is 31.1 Å². The Kier molecular flexibility index (Phi) is 14.2. The molecule has 1 amide bonds. The van der Waals surface area contributed by atoms with Crippen LogP contribution in [0.5, 0.6) is 0 Å². The number of piperazine rings is 1. The third kappa shape index (κ3) is 9.35. The fourth-order valence-corrected chi connectivity index (χ4v) is 5.00. The normalized spacial score (nSPS) is 14.6. The number of aryl methyl sites for hydroxylation is 1. The first-order valence-electron chi connectivity index (χ1n) is 14.0. The summed E-state index contributed by atoms with van der Waals surface area (Å²) >= 11 is 0. The summed E-state index contributed by atoms with van der Waals surface area (Å²) in [6, 6.07) is 16.2. The molecule has 218 valence electrons. The van der Waals surface area contributed by atoms with Crippen molar-refractivity contribution in [3.8, 4) is 0 Å². The molecule has 2 aromatic rings. The maximum atomic E-state index is 14.1. The molecule has 0 aromatic heterocycles. The number of benzene rings is 2. The van der Waals surface area contributed by atoms with Gasteiger partial charge in [-0.3, -0.25) is 4.79 Å². The number of likely N-dealkylation sites (N-methyl/N-ethyl adjacent to an activating group) is 2. The van der Waals surface area contributed by atoms with Gasteiger partial charge in [-0.05, 0) is 62.1 Å². The smallest absolute Gasteiger partial charge is 0.256 e. The van der Waals surface area contributed by atoms with Crippen LogP contribution < -0.4 is 4.90 Å². The van der Waals surface area contributed by atoms with Crippen molar-refractivity contribution in [2.75, 3.05) is 58.4 Å². The average molecular weight is 550 g/mol. The average Bonchev–Trinajstić information content (AvgIpc) is 2.99. The van der Waals surface area contributed by atoms with Crippen LogP contribution in [0.25, 0.3) is 0 Å². The highest BCUT2D eigenvalue weighted by atomic mass is 16.5. The Morgan fingerprint density at radius 2 is 1.75 bits per heavy atom. The van der Waals surface area contributed by atoms with E-state index in [9.17, 15) is 4.79 Å². The van der Waals surface area contributed by atoms with Gasteiger partial charge in [0.2, 0.25) is 0 Å². The van der Waals surface area contributed by atoms with Gasteiger partial charge in [0.25, 0.3) is 5.91 Å². The minimum atomic E-state index is -0.169. The largest absolute Gasteiger partial charge is 0.501 e. The van der Waals surface area contributed by atoms with Crippen molar-refractivity contribution in [3.63, 3.8) is 0 Å². The summed E-state index contributed by atoms with van der Waals surface area (Å²) < 4.78 is 11.3. The van der Waals surface area contributed by atoms with Gasteiger partial charge in [0, 0.05) is 45.5 Å². The van der Waals surface area contributed by atoms with E-state index in [1.54, 1.807) is 7.11 Å². The molecule has 1 atom stereocenters. The minimum absolute atomic E-state index is 0.0239. The Morgan fingerprint density at radius 1 is 1.07 bits per heavy atom. The lowest BCUT2D eigenvalue weighted by atomic mass is 9.98. The van der Waals surface area contributed by atoms with Crippen molar-refractivity contribution < 1.29 is 19.1 Å². The van der Waals surface area contributed by atoms with E-state index in [1.807, 2.05) is 62.9 Å². The molecular weight excluding hydrogens is 502 g/mol. The van der Waals surface area contributed by atoms with E-state index in [1.165, 1.54) is 0 Å². The van der Waals surface area contributed by atoms with Gasteiger partial charge >= 0.3 is 0 Å². The number of rotatable bonds is 13. The predicted molar refractivity (Wildman–Crippen MR) is 164 cm³/mol. The number of methoxy groups -OCH3 is 1. The van der Waals surface area contributed by atoms with Crippen LogP contribution in [-0.2, 0) is 20.9 Å². The highest BCUT2D eigenvalue weighted by Crippen LogP contribution is 2.28. The minimum Gasteiger partial charge on any atom is -0.501 e. The summed E-state index contributed by atoms with van der Waals surface area (Å²) in [6.07, 6.45) is 3.50. The second kappa shape index (κ2) is 17.3. The maximum absolute atomic E-state index is 14.1. The highest BCUT2D eigenvalue weighted by Gasteiger charge is 2.28. The molecule has 7 heteroatoms. The molecule has 0 radical (unpaired) electrons. The van der Waals surface area contributed by atoms with E-state index in [0.29, 0.717) is 13.2 Å². The molecule has 0 spiro atoms. The zero-order valence-electron chi connectivity index (χ0n) is 25.0. The first-order valence-corrected chi connectivity index (χ1v) is 14.0. The lowest BCUT2D eigenvalue weighted by molar-refractivity contribution is -0.0980. The fourth-order valence-electron chi connectivity index (χ4n) is 5.00. The molecule has 0 saturated carbocycles. The topological polar surface area (TPSA) is 62.3 Å². The number of ether oxygens (including phenoxy) is 2. The van der Waals surface area contributed by atoms with Gasteiger partial charge in [0.1, 0.15) is 6.79 Å². The molecule has 3 rings (SSSR count). The Bertz CT molecular complexity index is 1090. The van der Waals surface area contributed by atoms with Crippen molar-refractivity contribution in [1.82, 2.24) is 9.80 Å². The zero-order chi connectivity index (χ0) is 29.5. The van der Waals surface area contributed by atoms with Crippen LogP contribution in [0.2, 0.25) is 0 Å². The van der Waals surface area contributed by atoms with E-state index in [4.69, 9.17) is 14.3 Å². The number of anilines is 1. The molecule has 7 nitrogen and oxygen atoms in total. The zero-order valence-corrected chi connectivity index (χ0v) is 25.0. The van der Waals surface area contributed by atoms with Crippen LogP contribution in [0.4, 0.5) is 5.69 Å². The van der Waals surface area contributed by atoms with Crippen molar-refractivity contribution in [2.45, 2.75) is 46.3 Å². The molecule has 1 aliphatic heterocycles. The van der Waals surface area contributed by atoms with Crippen molar-refractivity contribution in [1.29, 1.82) is 0 Å². The Balaban J connectivity index is 0.00000274. The van der Waals surface area contributed by atoms with Gasteiger partial charge in [-0.1, -0.05) is 56.0 Å². The van der Waals surface area contributed by atoms with Crippen LogP contribution in [0.1, 0.15) is 48.2 Å². The Morgan fingerprint density at radius 3 is 2.38 bits per heavy atom. The first-order chi connectivity index (χ1) is 19.3. The Labute approximate surface area is 241 Å². The SMILES string of the molecule is C=C(/C=C(\C)OC)[C@@H](CCCOCc1ccccc1)N(C)C(=O)c1c(C)cccc1N1CCN(CC)CC1.C=O. The quantitative estimate of drug-likeness (QED) is 0.187. The first kappa shape index (κ1) is 32.8. The van der Waals surface area contributed by atoms with E-state index >= 15 is 0 Å². The third-order valence-electron chi connectivity index (χ3n) is 7.43. The summed E-state index contributed by atoms with van der Waals surface area (Å²) in [5.41, 5.74) is 4.82. The number of carbonyl (C=O) groups is 2. The van der Waals surface area contributed by atoms with E-state index in [0.717, 1.165) is 79.3 Å². The second-order valence-electron chi connectivity index (χ2n) is 10.0. The van der Waals surface area contributed by atoms with Gasteiger partial charge in [-0.2, -0.15) is 0 Å². The monoisotopic (exact) mass is 549 g/mol. The number of hydrogen-bond acceptors (Lipinski definition) is 6. The summed E-state index contributed by atoms with van der Waals surface area (Å²) in [5.74, 6) is 0.794. The van der Waals surface area contributed by atoms with Crippen molar-refractivity contribution >= 4 is 18.4 Å². The fraction of sp³-hybridized carbons (Fsp3) is 0.455. The second-order valence-corrected chi connectivity index (χ2v) is 10.0. The van der Waals surface area contributed by atoms with E-state index in [-0.39, 0.29) is 11.9 Å².